The number of nitrogens with zero attached hydrogens (tertiary/aromatic N) is 1. The molecule has 184 valence electrons. The molecular formula is C24H36N2O6S. The maximum absolute atomic E-state index is 13.4. The SMILES string of the molecule is COc1ccc(C(=O)OC(C)C(=O)NC2CCCCC2C)cc1S(=O)(=O)N1CCCCC1C. The van der Waals surface area contributed by atoms with Crippen molar-refractivity contribution < 1.29 is 27.5 Å². The monoisotopic (exact) mass is 480 g/mol. The first-order valence-electron chi connectivity index (χ1n) is 11.9. The Morgan fingerprint density at radius 3 is 2.45 bits per heavy atom. The minimum atomic E-state index is -3.86. The van der Waals surface area contributed by atoms with E-state index < -0.39 is 22.1 Å². The molecule has 9 heteroatoms. The molecule has 33 heavy (non-hydrogen) atoms. The highest BCUT2D eigenvalue weighted by Gasteiger charge is 2.34. The third kappa shape index (κ3) is 5.87. The maximum atomic E-state index is 13.4. The quantitative estimate of drug-likeness (QED) is 0.600. The van der Waals surface area contributed by atoms with Gasteiger partial charge in [-0.3, -0.25) is 4.79 Å². The highest BCUT2D eigenvalue weighted by molar-refractivity contribution is 7.89. The number of benzene rings is 1. The average Bonchev–Trinajstić information content (AvgIpc) is 2.80. The lowest BCUT2D eigenvalue weighted by atomic mass is 9.86. The smallest absolute Gasteiger partial charge is 0.338 e. The zero-order valence-electron chi connectivity index (χ0n) is 20.0. The third-order valence-electron chi connectivity index (χ3n) is 6.82. The van der Waals surface area contributed by atoms with Crippen LogP contribution >= 0.6 is 0 Å². The van der Waals surface area contributed by atoms with Gasteiger partial charge in [0.05, 0.1) is 12.7 Å². The minimum absolute atomic E-state index is 0.0599. The van der Waals surface area contributed by atoms with Crippen molar-refractivity contribution in [2.24, 2.45) is 5.92 Å². The summed E-state index contributed by atoms with van der Waals surface area (Å²) in [6, 6.07) is 4.14. The van der Waals surface area contributed by atoms with Gasteiger partial charge in [-0.1, -0.05) is 26.2 Å². The molecule has 1 N–H and O–H groups in total. The van der Waals surface area contributed by atoms with Gasteiger partial charge >= 0.3 is 5.97 Å². The summed E-state index contributed by atoms with van der Waals surface area (Å²) in [5.41, 5.74) is 0.0599. The van der Waals surface area contributed by atoms with E-state index in [9.17, 15) is 18.0 Å². The van der Waals surface area contributed by atoms with Gasteiger partial charge in [-0.15, -0.1) is 0 Å². The van der Waals surface area contributed by atoms with E-state index in [2.05, 4.69) is 12.2 Å². The van der Waals surface area contributed by atoms with E-state index in [4.69, 9.17) is 9.47 Å². The third-order valence-corrected chi connectivity index (χ3v) is 8.85. The van der Waals surface area contributed by atoms with Crippen LogP contribution in [0.1, 0.15) is 76.1 Å². The van der Waals surface area contributed by atoms with Crippen molar-refractivity contribution in [2.75, 3.05) is 13.7 Å². The Balaban J connectivity index is 1.75. The average molecular weight is 481 g/mol. The Hall–Kier alpha value is -2.13. The molecule has 0 aromatic heterocycles. The predicted molar refractivity (Wildman–Crippen MR) is 125 cm³/mol. The summed E-state index contributed by atoms with van der Waals surface area (Å²) in [5.74, 6) is -0.538. The summed E-state index contributed by atoms with van der Waals surface area (Å²) < 4.78 is 38.9. The van der Waals surface area contributed by atoms with Crippen LogP contribution in [0.5, 0.6) is 5.75 Å². The number of rotatable bonds is 7. The lowest BCUT2D eigenvalue weighted by Crippen LogP contribution is -2.46. The molecule has 1 saturated heterocycles. The number of amides is 1. The number of sulfonamides is 1. The van der Waals surface area contributed by atoms with E-state index in [0.29, 0.717) is 12.5 Å². The maximum Gasteiger partial charge on any atom is 0.338 e. The van der Waals surface area contributed by atoms with Crippen LogP contribution in [0.3, 0.4) is 0 Å². The van der Waals surface area contributed by atoms with Gasteiger partial charge < -0.3 is 14.8 Å². The van der Waals surface area contributed by atoms with E-state index in [1.165, 1.54) is 36.5 Å². The molecule has 4 unspecified atom stereocenters. The summed E-state index contributed by atoms with van der Waals surface area (Å²) in [5, 5.41) is 2.99. The zero-order chi connectivity index (χ0) is 24.2. The second-order valence-electron chi connectivity index (χ2n) is 9.25. The Morgan fingerprint density at radius 1 is 1.09 bits per heavy atom. The van der Waals surface area contributed by atoms with Crippen LogP contribution in [0.15, 0.2) is 23.1 Å². The van der Waals surface area contributed by atoms with Crippen molar-refractivity contribution in [1.29, 1.82) is 0 Å². The molecule has 1 heterocycles. The van der Waals surface area contributed by atoms with Crippen LogP contribution in [0.2, 0.25) is 0 Å². The van der Waals surface area contributed by atoms with Crippen molar-refractivity contribution in [3.63, 3.8) is 0 Å². The summed E-state index contributed by atoms with van der Waals surface area (Å²) in [4.78, 5) is 25.3. The van der Waals surface area contributed by atoms with E-state index in [1.807, 2.05) is 6.92 Å². The molecule has 0 spiro atoms. The molecule has 1 aromatic rings. The fraction of sp³-hybridized carbons (Fsp3) is 0.667. The fourth-order valence-electron chi connectivity index (χ4n) is 4.67. The summed E-state index contributed by atoms with van der Waals surface area (Å²) in [7, 11) is -2.47. The highest BCUT2D eigenvalue weighted by atomic mass is 32.2. The number of methoxy groups -OCH3 is 1. The summed E-state index contributed by atoms with van der Waals surface area (Å²) in [6.45, 7) is 5.95. The van der Waals surface area contributed by atoms with E-state index >= 15 is 0 Å². The molecule has 8 nitrogen and oxygen atoms in total. The number of hydrogen-bond donors (Lipinski definition) is 1. The van der Waals surface area contributed by atoms with Crippen LogP contribution in [0.4, 0.5) is 0 Å². The minimum Gasteiger partial charge on any atom is -0.495 e. The van der Waals surface area contributed by atoms with Crippen LogP contribution in [0, 0.1) is 5.92 Å². The van der Waals surface area contributed by atoms with Crippen LogP contribution in [-0.4, -0.2) is 56.4 Å². The molecule has 1 aromatic carbocycles. The molecule has 0 bridgehead atoms. The van der Waals surface area contributed by atoms with Crippen molar-refractivity contribution in [2.45, 2.75) is 88.8 Å². The molecule has 3 rings (SSSR count). The Labute approximate surface area is 197 Å². The van der Waals surface area contributed by atoms with Crippen molar-refractivity contribution in [3.8, 4) is 5.75 Å². The fourth-order valence-corrected chi connectivity index (χ4v) is 6.56. The number of piperidine rings is 1. The molecule has 4 atom stereocenters. The molecular weight excluding hydrogens is 444 g/mol. The first-order valence-corrected chi connectivity index (χ1v) is 13.3. The summed E-state index contributed by atoms with van der Waals surface area (Å²) >= 11 is 0. The normalized spacial score (nSPS) is 25.2. The number of carbonyl (C=O) groups excluding carboxylic acids is 2. The first-order chi connectivity index (χ1) is 15.6. The standard InChI is InChI=1S/C24H36N2O6S/c1-16-9-5-6-11-20(16)25-23(27)18(3)32-24(28)19-12-13-21(31-4)22(15-19)33(29,30)26-14-8-7-10-17(26)2/h12-13,15-18,20H,5-11,14H2,1-4H3,(H,25,27). The largest absolute Gasteiger partial charge is 0.495 e. The van der Waals surface area contributed by atoms with Gasteiger partial charge in [-0.2, -0.15) is 4.31 Å². The molecule has 1 aliphatic carbocycles. The van der Waals surface area contributed by atoms with E-state index in [0.717, 1.165) is 44.9 Å². The highest BCUT2D eigenvalue weighted by Crippen LogP contribution is 2.32. The van der Waals surface area contributed by atoms with Gasteiger partial charge in [0, 0.05) is 18.6 Å². The lowest BCUT2D eigenvalue weighted by Gasteiger charge is -2.32. The van der Waals surface area contributed by atoms with Crippen LogP contribution in [-0.2, 0) is 19.6 Å². The molecule has 2 aliphatic rings. The van der Waals surface area contributed by atoms with Gasteiger partial charge in [0.15, 0.2) is 6.10 Å². The van der Waals surface area contributed by atoms with Gasteiger partial charge in [0.2, 0.25) is 10.0 Å². The predicted octanol–water partition coefficient (Wildman–Crippen LogP) is 3.50. The van der Waals surface area contributed by atoms with Crippen molar-refractivity contribution in [3.05, 3.63) is 23.8 Å². The van der Waals surface area contributed by atoms with Crippen molar-refractivity contribution >= 4 is 21.9 Å². The van der Waals surface area contributed by atoms with Crippen LogP contribution < -0.4 is 10.1 Å². The molecule has 2 fully saturated rings. The Morgan fingerprint density at radius 2 is 1.79 bits per heavy atom. The van der Waals surface area contributed by atoms with Gasteiger partial charge in [0.1, 0.15) is 10.6 Å². The molecule has 1 saturated carbocycles. The van der Waals surface area contributed by atoms with Gasteiger partial charge in [-0.05, 0) is 63.6 Å². The number of esters is 1. The van der Waals surface area contributed by atoms with Crippen molar-refractivity contribution in [1.82, 2.24) is 9.62 Å². The first kappa shape index (κ1) is 25.5. The molecule has 1 aliphatic heterocycles. The van der Waals surface area contributed by atoms with Gasteiger partial charge in [0.25, 0.3) is 5.91 Å². The summed E-state index contributed by atoms with van der Waals surface area (Å²) in [6.07, 6.45) is 5.79. The number of carbonyl (C=O) groups is 2. The molecule has 1 amide bonds. The zero-order valence-corrected chi connectivity index (χ0v) is 20.8. The van der Waals surface area contributed by atoms with Crippen LogP contribution in [0.25, 0.3) is 0 Å². The molecule has 0 radical (unpaired) electrons. The Bertz CT molecular complexity index is 964. The Kier molecular flexibility index (Phi) is 8.39. The van der Waals surface area contributed by atoms with Gasteiger partial charge in [-0.25, -0.2) is 13.2 Å². The second-order valence-corrected chi connectivity index (χ2v) is 11.1. The lowest BCUT2D eigenvalue weighted by molar-refractivity contribution is -0.130. The topological polar surface area (TPSA) is 102 Å². The number of ether oxygens (including phenoxy) is 2. The second kappa shape index (κ2) is 10.9. The number of hydrogen-bond acceptors (Lipinski definition) is 6. The number of nitrogens with one attached hydrogen (secondary N) is 1. The van der Waals surface area contributed by atoms with E-state index in [-0.39, 0.29) is 34.2 Å². The van der Waals surface area contributed by atoms with E-state index in [1.54, 1.807) is 0 Å².